The smallest absolute Gasteiger partial charge is 0.195 e. The lowest BCUT2D eigenvalue weighted by Crippen LogP contribution is -2.17. The van der Waals surface area contributed by atoms with Crippen molar-refractivity contribution in [2.45, 2.75) is 59.3 Å². The van der Waals surface area contributed by atoms with Crippen LogP contribution >= 0.6 is 0 Å². The molecule has 0 atom stereocenters. The highest BCUT2D eigenvalue weighted by molar-refractivity contribution is 6.11. The molecule has 2 aliphatic carbocycles. The molecule has 0 bridgehead atoms. The summed E-state index contributed by atoms with van der Waals surface area (Å²) in [5.41, 5.74) is 2.74. The number of hydrogen-bond acceptors (Lipinski definition) is 1. The zero-order valence-electron chi connectivity index (χ0n) is 16.3. The van der Waals surface area contributed by atoms with E-state index in [1.165, 1.54) is 12.8 Å². The summed E-state index contributed by atoms with van der Waals surface area (Å²) < 4.78 is 14.7. The molecule has 0 saturated heterocycles. The normalized spacial score (nSPS) is 26.7. The lowest BCUT2D eigenvalue weighted by Gasteiger charge is -2.27. The minimum absolute atomic E-state index is 0.0982. The lowest BCUT2D eigenvalue weighted by molar-refractivity contribution is 0.103. The van der Waals surface area contributed by atoms with Gasteiger partial charge in [0.15, 0.2) is 5.78 Å². The third kappa shape index (κ3) is 3.75. The van der Waals surface area contributed by atoms with E-state index in [-0.39, 0.29) is 16.8 Å². The average molecular weight is 352 g/mol. The van der Waals surface area contributed by atoms with Gasteiger partial charge in [-0.15, -0.1) is 0 Å². The minimum Gasteiger partial charge on any atom is -0.288 e. The predicted octanol–water partition coefficient (Wildman–Crippen LogP) is 6.77. The Morgan fingerprint density at radius 2 is 1.88 bits per heavy atom. The summed E-state index contributed by atoms with van der Waals surface area (Å²) in [6, 6.07) is 5.21. The molecule has 1 aromatic rings. The van der Waals surface area contributed by atoms with Crippen LogP contribution < -0.4 is 0 Å². The van der Waals surface area contributed by atoms with Crippen molar-refractivity contribution in [2.75, 3.05) is 0 Å². The summed E-state index contributed by atoms with van der Waals surface area (Å²) in [7, 11) is 0. The first-order valence-corrected chi connectivity index (χ1v) is 9.73. The van der Waals surface area contributed by atoms with E-state index in [9.17, 15) is 9.18 Å². The molecule has 2 aliphatic rings. The molecule has 1 saturated carbocycles. The Hall–Kier alpha value is -1.96. The molecule has 0 N–H and O–H groups in total. The lowest BCUT2D eigenvalue weighted by atomic mass is 9.77. The molecular weight excluding hydrogens is 323 g/mol. The van der Waals surface area contributed by atoms with Crippen molar-refractivity contribution in [3.05, 3.63) is 70.6 Å². The van der Waals surface area contributed by atoms with E-state index < -0.39 is 5.82 Å². The molecular formula is C24H29FO. The van der Waals surface area contributed by atoms with Gasteiger partial charge in [-0.25, -0.2) is 4.39 Å². The monoisotopic (exact) mass is 352 g/mol. The molecule has 1 fully saturated rings. The molecule has 0 unspecified atom stereocenters. The number of halogens is 1. The Morgan fingerprint density at radius 1 is 1.19 bits per heavy atom. The van der Waals surface area contributed by atoms with Gasteiger partial charge in [-0.2, -0.15) is 0 Å². The molecule has 2 heteroatoms. The van der Waals surface area contributed by atoms with Crippen LogP contribution in [0.3, 0.4) is 0 Å². The number of carbonyl (C=O) groups excluding carboxylic acids is 1. The van der Waals surface area contributed by atoms with Gasteiger partial charge < -0.3 is 0 Å². The number of hydrogen-bond donors (Lipinski definition) is 0. The summed E-state index contributed by atoms with van der Waals surface area (Å²) in [5, 5.41) is 0. The third-order valence-electron chi connectivity index (χ3n) is 6.03. The fourth-order valence-corrected chi connectivity index (χ4v) is 4.11. The molecule has 1 aromatic carbocycles. The van der Waals surface area contributed by atoms with Gasteiger partial charge in [0.2, 0.25) is 0 Å². The summed E-state index contributed by atoms with van der Waals surface area (Å²) >= 11 is 0. The van der Waals surface area contributed by atoms with Crippen LogP contribution in [-0.2, 0) is 0 Å². The van der Waals surface area contributed by atoms with Crippen LogP contribution in [0.1, 0.15) is 75.2 Å². The molecule has 26 heavy (non-hydrogen) atoms. The molecule has 3 rings (SSSR count). The van der Waals surface area contributed by atoms with Crippen molar-refractivity contribution in [1.29, 1.82) is 0 Å². The van der Waals surface area contributed by atoms with E-state index in [4.69, 9.17) is 0 Å². The number of carbonyl (C=O) groups is 1. The largest absolute Gasteiger partial charge is 0.288 e. The summed E-state index contributed by atoms with van der Waals surface area (Å²) in [5.74, 6) is 0.561. The zero-order chi connectivity index (χ0) is 18.9. The quantitative estimate of drug-likeness (QED) is 0.549. The topological polar surface area (TPSA) is 17.1 Å². The van der Waals surface area contributed by atoms with Gasteiger partial charge in [-0.05, 0) is 60.9 Å². The molecule has 138 valence electrons. The highest BCUT2D eigenvalue weighted by Gasteiger charge is 2.26. The number of Topliss-reactive ketones (excluding diaryl/α,β-unsaturated/α-hetero) is 1. The molecule has 0 aromatic heterocycles. The van der Waals surface area contributed by atoms with Crippen LogP contribution in [0.5, 0.6) is 0 Å². The van der Waals surface area contributed by atoms with E-state index in [2.05, 4.69) is 20.8 Å². The minimum atomic E-state index is -0.396. The second-order valence-corrected chi connectivity index (χ2v) is 8.42. The van der Waals surface area contributed by atoms with Gasteiger partial charge in [-0.1, -0.05) is 57.9 Å². The Bertz CT molecular complexity index is 786. The Morgan fingerprint density at radius 3 is 2.50 bits per heavy atom. The standard InChI is InChI=1S/C24H29FO/c1-5-20-14-19(12-13-24(20,3)4)23(26)21-11-10-18(15-22(21)25)17-8-6-16(2)7-9-17/h5,10-17H,6-9H2,1-4H3/b20-5+. The molecule has 0 aliphatic heterocycles. The van der Waals surface area contributed by atoms with E-state index in [0.29, 0.717) is 11.5 Å². The SMILES string of the molecule is C/C=C1\C=C(C(=O)c2ccc(C3CCC(C)CC3)cc2F)C=CC1(C)C. The van der Waals surface area contributed by atoms with E-state index in [1.807, 2.05) is 37.3 Å². The van der Waals surface area contributed by atoms with Crippen LogP contribution in [0.25, 0.3) is 0 Å². The summed E-state index contributed by atoms with van der Waals surface area (Å²) in [6.45, 7) is 8.47. The first-order chi connectivity index (χ1) is 12.3. The van der Waals surface area contributed by atoms with Crippen LogP contribution in [0.15, 0.2) is 53.6 Å². The first-order valence-electron chi connectivity index (χ1n) is 9.73. The second kappa shape index (κ2) is 7.34. The third-order valence-corrected chi connectivity index (χ3v) is 6.03. The van der Waals surface area contributed by atoms with Gasteiger partial charge in [0.1, 0.15) is 5.82 Å². The Balaban J connectivity index is 1.83. The maximum atomic E-state index is 14.7. The first kappa shape index (κ1) is 18.8. The summed E-state index contributed by atoms with van der Waals surface area (Å²) in [4.78, 5) is 12.8. The highest BCUT2D eigenvalue weighted by Crippen LogP contribution is 2.37. The van der Waals surface area contributed by atoms with Crippen LogP contribution in [0.4, 0.5) is 4.39 Å². The predicted molar refractivity (Wildman–Crippen MR) is 106 cm³/mol. The number of rotatable bonds is 3. The van der Waals surface area contributed by atoms with Crippen molar-refractivity contribution in [2.24, 2.45) is 11.3 Å². The van der Waals surface area contributed by atoms with Gasteiger partial charge in [0.05, 0.1) is 5.56 Å². The molecule has 1 nitrogen and oxygen atoms in total. The molecule has 0 radical (unpaired) electrons. The highest BCUT2D eigenvalue weighted by atomic mass is 19.1. The summed E-state index contributed by atoms with van der Waals surface area (Å²) in [6.07, 6.45) is 12.4. The van der Waals surface area contributed by atoms with Gasteiger partial charge in [0, 0.05) is 11.0 Å². The molecule has 0 spiro atoms. The second-order valence-electron chi connectivity index (χ2n) is 8.42. The van der Waals surface area contributed by atoms with Crippen molar-refractivity contribution in [3.63, 3.8) is 0 Å². The Kier molecular flexibility index (Phi) is 5.32. The maximum Gasteiger partial charge on any atom is 0.195 e. The van der Waals surface area contributed by atoms with Crippen LogP contribution in [0, 0.1) is 17.2 Å². The van der Waals surface area contributed by atoms with Gasteiger partial charge in [0.25, 0.3) is 0 Å². The van der Waals surface area contributed by atoms with E-state index in [0.717, 1.165) is 29.9 Å². The number of allylic oxidation sites excluding steroid dienone is 6. The van der Waals surface area contributed by atoms with Crippen molar-refractivity contribution >= 4 is 5.78 Å². The van der Waals surface area contributed by atoms with E-state index in [1.54, 1.807) is 12.1 Å². The zero-order valence-corrected chi connectivity index (χ0v) is 16.3. The molecule has 0 heterocycles. The number of ketones is 1. The fourth-order valence-electron chi connectivity index (χ4n) is 4.11. The van der Waals surface area contributed by atoms with Gasteiger partial charge >= 0.3 is 0 Å². The van der Waals surface area contributed by atoms with Crippen LogP contribution in [0.2, 0.25) is 0 Å². The van der Waals surface area contributed by atoms with Crippen LogP contribution in [-0.4, -0.2) is 5.78 Å². The van der Waals surface area contributed by atoms with Crippen molar-refractivity contribution < 1.29 is 9.18 Å². The maximum absolute atomic E-state index is 14.7. The van der Waals surface area contributed by atoms with Gasteiger partial charge in [-0.3, -0.25) is 4.79 Å². The number of benzene rings is 1. The molecule has 0 amide bonds. The average Bonchev–Trinajstić information content (AvgIpc) is 2.61. The van der Waals surface area contributed by atoms with Crippen molar-refractivity contribution in [1.82, 2.24) is 0 Å². The Labute approximate surface area is 156 Å². The fraction of sp³-hybridized carbons (Fsp3) is 0.458. The van der Waals surface area contributed by atoms with Crippen molar-refractivity contribution in [3.8, 4) is 0 Å². The van der Waals surface area contributed by atoms with E-state index >= 15 is 0 Å².